The Morgan fingerprint density at radius 3 is 3.06 bits per heavy atom. The minimum atomic E-state index is -0.0912. The smallest absolute Gasteiger partial charge is 0.258 e. The van der Waals surface area contributed by atoms with Crippen LogP contribution in [0.4, 0.5) is 0 Å². The normalized spacial score (nSPS) is 18.4. The second kappa shape index (κ2) is 6.26. The maximum Gasteiger partial charge on any atom is 0.258 e. The molecule has 0 bridgehead atoms. The zero-order valence-corrected chi connectivity index (χ0v) is 10.4. The number of benzene rings is 1. The fourth-order valence-corrected chi connectivity index (χ4v) is 1.89. The number of hydrogen-bond acceptors (Lipinski definition) is 4. The highest BCUT2D eigenvalue weighted by Crippen LogP contribution is 2.18. The predicted octanol–water partition coefficient (Wildman–Crippen LogP) is 0.552. The lowest BCUT2D eigenvalue weighted by atomic mass is 10.2. The van der Waals surface area contributed by atoms with Crippen molar-refractivity contribution >= 4 is 5.91 Å². The standard InChI is InChI=1S/C13H18N2O3/c1-17-11-3-2-4-12(7-11)18-9-13(16)15-10-5-6-14-8-10/h2-4,7,10,14H,5-6,8-9H2,1H3,(H,15,16). The van der Waals surface area contributed by atoms with Gasteiger partial charge in [0.2, 0.25) is 0 Å². The lowest BCUT2D eigenvalue weighted by Crippen LogP contribution is -2.39. The Morgan fingerprint density at radius 1 is 1.50 bits per heavy atom. The fraction of sp³-hybridized carbons (Fsp3) is 0.462. The number of hydrogen-bond donors (Lipinski definition) is 2. The molecule has 1 amide bonds. The first-order valence-electron chi connectivity index (χ1n) is 6.05. The van der Waals surface area contributed by atoms with Crippen LogP contribution in [-0.4, -0.2) is 38.8 Å². The van der Waals surface area contributed by atoms with Gasteiger partial charge in [-0.2, -0.15) is 0 Å². The van der Waals surface area contributed by atoms with Crippen LogP contribution in [-0.2, 0) is 4.79 Å². The van der Waals surface area contributed by atoms with Gasteiger partial charge in [0, 0.05) is 18.7 Å². The SMILES string of the molecule is COc1cccc(OCC(=O)NC2CCNC2)c1. The summed E-state index contributed by atoms with van der Waals surface area (Å²) in [6.07, 6.45) is 0.977. The van der Waals surface area contributed by atoms with Gasteiger partial charge in [0.1, 0.15) is 11.5 Å². The molecular weight excluding hydrogens is 232 g/mol. The molecule has 0 aliphatic carbocycles. The van der Waals surface area contributed by atoms with Gasteiger partial charge in [0.05, 0.1) is 7.11 Å². The van der Waals surface area contributed by atoms with Crippen molar-refractivity contribution < 1.29 is 14.3 Å². The maximum atomic E-state index is 11.6. The summed E-state index contributed by atoms with van der Waals surface area (Å²) in [6.45, 7) is 1.83. The first-order chi connectivity index (χ1) is 8.78. The molecule has 0 radical (unpaired) electrons. The van der Waals surface area contributed by atoms with Crippen LogP contribution in [0.5, 0.6) is 11.5 Å². The van der Waals surface area contributed by atoms with Crippen LogP contribution in [0.25, 0.3) is 0 Å². The Morgan fingerprint density at radius 2 is 2.33 bits per heavy atom. The third-order valence-electron chi connectivity index (χ3n) is 2.84. The van der Waals surface area contributed by atoms with Crippen LogP contribution in [0.1, 0.15) is 6.42 Å². The van der Waals surface area contributed by atoms with Crippen molar-refractivity contribution in [3.63, 3.8) is 0 Å². The second-order valence-corrected chi connectivity index (χ2v) is 4.22. The van der Waals surface area contributed by atoms with Crippen molar-refractivity contribution in [2.24, 2.45) is 0 Å². The summed E-state index contributed by atoms with van der Waals surface area (Å²) < 4.78 is 10.5. The molecule has 2 rings (SSSR count). The molecule has 1 aromatic rings. The van der Waals surface area contributed by atoms with E-state index >= 15 is 0 Å². The average molecular weight is 250 g/mol. The monoisotopic (exact) mass is 250 g/mol. The molecule has 1 saturated heterocycles. The van der Waals surface area contributed by atoms with E-state index in [-0.39, 0.29) is 18.6 Å². The molecule has 1 aliphatic rings. The van der Waals surface area contributed by atoms with E-state index < -0.39 is 0 Å². The quantitative estimate of drug-likeness (QED) is 0.801. The molecular formula is C13H18N2O3. The number of nitrogens with one attached hydrogen (secondary N) is 2. The molecule has 0 aromatic heterocycles. The number of ether oxygens (including phenoxy) is 2. The van der Waals surface area contributed by atoms with Crippen molar-refractivity contribution in [1.82, 2.24) is 10.6 Å². The van der Waals surface area contributed by atoms with E-state index in [4.69, 9.17) is 9.47 Å². The van der Waals surface area contributed by atoms with Gasteiger partial charge >= 0.3 is 0 Å². The summed E-state index contributed by atoms with van der Waals surface area (Å²) in [4.78, 5) is 11.6. The van der Waals surface area contributed by atoms with Crippen LogP contribution in [0.15, 0.2) is 24.3 Å². The Labute approximate surface area is 106 Å². The molecule has 1 heterocycles. The van der Waals surface area contributed by atoms with Gasteiger partial charge < -0.3 is 20.1 Å². The van der Waals surface area contributed by atoms with Crippen LogP contribution in [0.3, 0.4) is 0 Å². The Bertz CT molecular complexity index is 403. The van der Waals surface area contributed by atoms with E-state index in [1.54, 1.807) is 19.2 Å². The van der Waals surface area contributed by atoms with Gasteiger partial charge in [0.25, 0.3) is 5.91 Å². The van der Waals surface area contributed by atoms with Crippen molar-refractivity contribution in [2.45, 2.75) is 12.5 Å². The molecule has 1 aliphatic heterocycles. The van der Waals surface area contributed by atoms with Crippen molar-refractivity contribution in [2.75, 3.05) is 26.8 Å². The van der Waals surface area contributed by atoms with Gasteiger partial charge in [0.15, 0.2) is 6.61 Å². The topological polar surface area (TPSA) is 59.6 Å². The predicted molar refractivity (Wildman–Crippen MR) is 67.9 cm³/mol. The van der Waals surface area contributed by atoms with E-state index in [1.165, 1.54) is 0 Å². The molecule has 0 saturated carbocycles. The molecule has 1 atom stereocenters. The Kier molecular flexibility index (Phi) is 4.41. The summed E-state index contributed by atoms with van der Waals surface area (Å²) in [6, 6.07) is 7.44. The second-order valence-electron chi connectivity index (χ2n) is 4.22. The summed E-state index contributed by atoms with van der Waals surface area (Å²) >= 11 is 0. The average Bonchev–Trinajstić information content (AvgIpc) is 2.89. The van der Waals surface area contributed by atoms with E-state index in [1.807, 2.05) is 12.1 Å². The number of carbonyl (C=O) groups excluding carboxylic acids is 1. The first kappa shape index (κ1) is 12.7. The third kappa shape index (κ3) is 3.63. The highest BCUT2D eigenvalue weighted by atomic mass is 16.5. The molecule has 98 valence electrons. The minimum absolute atomic E-state index is 0.0314. The third-order valence-corrected chi connectivity index (χ3v) is 2.84. The molecule has 2 N–H and O–H groups in total. The number of methoxy groups -OCH3 is 1. The largest absolute Gasteiger partial charge is 0.497 e. The highest BCUT2D eigenvalue weighted by molar-refractivity contribution is 5.77. The van der Waals surface area contributed by atoms with Crippen molar-refractivity contribution in [3.05, 3.63) is 24.3 Å². The van der Waals surface area contributed by atoms with Gasteiger partial charge in [-0.25, -0.2) is 0 Å². The Balaban J connectivity index is 1.77. The number of carbonyl (C=O) groups is 1. The van der Waals surface area contributed by atoms with E-state index in [0.29, 0.717) is 11.5 Å². The Hall–Kier alpha value is -1.75. The highest BCUT2D eigenvalue weighted by Gasteiger charge is 2.16. The van der Waals surface area contributed by atoms with Crippen molar-refractivity contribution in [3.8, 4) is 11.5 Å². The summed E-state index contributed by atoms with van der Waals surface area (Å²) in [5, 5.41) is 6.11. The molecule has 1 fully saturated rings. The molecule has 5 nitrogen and oxygen atoms in total. The molecule has 18 heavy (non-hydrogen) atoms. The zero-order chi connectivity index (χ0) is 12.8. The number of amides is 1. The first-order valence-corrected chi connectivity index (χ1v) is 6.05. The van der Waals surface area contributed by atoms with E-state index in [2.05, 4.69) is 10.6 Å². The maximum absolute atomic E-state index is 11.6. The molecule has 1 unspecified atom stereocenters. The molecule has 5 heteroatoms. The van der Waals surface area contributed by atoms with Crippen molar-refractivity contribution in [1.29, 1.82) is 0 Å². The van der Waals surface area contributed by atoms with Crippen LogP contribution < -0.4 is 20.1 Å². The number of rotatable bonds is 5. The summed E-state index contributed by atoms with van der Waals surface area (Å²) in [7, 11) is 1.60. The molecule has 1 aromatic carbocycles. The van der Waals surface area contributed by atoms with E-state index in [9.17, 15) is 4.79 Å². The van der Waals surface area contributed by atoms with Gasteiger partial charge in [-0.1, -0.05) is 6.07 Å². The lowest BCUT2D eigenvalue weighted by Gasteiger charge is -2.12. The van der Waals surface area contributed by atoms with Gasteiger partial charge in [-0.15, -0.1) is 0 Å². The molecule has 0 spiro atoms. The lowest BCUT2D eigenvalue weighted by molar-refractivity contribution is -0.123. The van der Waals surface area contributed by atoms with Gasteiger partial charge in [-0.05, 0) is 25.1 Å². The minimum Gasteiger partial charge on any atom is -0.497 e. The summed E-state index contributed by atoms with van der Waals surface area (Å²) in [5.41, 5.74) is 0. The van der Waals surface area contributed by atoms with Gasteiger partial charge in [-0.3, -0.25) is 4.79 Å². The van der Waals surface area contributed by atoms with E-state index in [0.717, 1.165) is 19.5 Å². The van der Waals surface area contributed by atoms with Crippen LogP contribution in [0.2, 0.25) is 0 Å². The van der Waals surface area contributed by atoms with Crippen LogP contribution in [0, 0.1) is 0 Å². The summed E-state index contributed by atoms with van der Waals surface area (Å²) in [5.74, 6) is 1.26. The fourth-order valence-electron chi connectivity index (χ4n) is 1.89. The van der Waals surface area contributed by atoms with Crippen LogP contribution >= 0.6 is 0 Å². The zero-order valence-electron chi connectivity index (χ0n) is 10.4.